The van der Waals surface area contributed by atoms with E-state index in [1.807, 2.05) is 31.2 Å². The Labute approximate surface area is 199 Å². The maximum atomic E-state index is 12.2. The van der Waals surface area contributed by atoms with Crippen LogP contribution in [-0.2, 0) is 6.61 Å². The summed E-state index contributed by atoms with van der Waals surface area (Å²) < 4.78 is 12.0. The monoisotopic (exact) mass is 520 g/mol. The van der Waals surface area contributed by atoms with Crippen molar-refractivity contribution in [2.45, 2.75) is 13.5 Å². The zero-order valence-corrected chi connectivity index (χ0v) is 19.9. The molecule has 0 saturated heterocycles. The minimum atomic E-state index is -0.290. The lowest BCUT2D eigenvalue weighted by Crippen LogP contribution is -2.17. The van der Waals surface area contributed by atoms with Crippen molar-refractivity contribution < 1.29 is 14.3 Å². The SMILES string of the molecule is COc1cc(/C=N\NC(=O)c2ccc(C)cc2)cc(Br)c1OCc1ccc(Cl)cc1Cl. The highest BCUT2D eigenvalue weighted by atomic mass is 79.9. The van der Waals surface area contributed by atoms with Gasteiger partial charge in [-0.05, 0) is 64.8 Å². The van der Waals surface area contributed by atoms with Crippen LogP contribution in [-0.4, -0.2) is 19.2 Å². The summed E-state index contributed by atoms with van der Waals surface area (Å²) in [6.07, 6.45) is 1.53. The topological polar surface area (TPSA) is 59.9 Å². The Morgan fingerprint density at radius 2 is 1.87 bits per heavy atom. The standard InChI is InChI=1S/C23H19BrCl2N2O3/c1-14-3-5-16(6-4-14)23(29)28-27-12-15-9-19(24)22(21(10-15)30-2)31-13-17-7-8-18(25)11-20(17)26/h3-12H,13H2,1-2H3,(H,28,29)/b27-12-. The van der Waals surface area contributed by atoms with E-state index in [1.165, 1.54) is 6.21 Å². The number of halogens is 3. The minimum absolute atomic E-state index is 0.241. The highest BCUT2D eigenvalue weighted by Gasteiger charge is 2.13. The Morgan fingerprint density at radius 1 is 1.13 bits per heavy atom. The second kappa shape index (κ2) is 10.7. The van der Waals surface area contributed by atoms with Gasteiger partial charge in [-0.15, -0.1) is 0 Å². The number of aryl methyl sites for hydroxylation is 1. The van der Waals surface area contributed by atoms with Gasteiger partial charge >= 0.3 is 0 Å². The van der Waals surface area contributed by atoms with Crippen molar-refractivity contribution in [3.8, 4) is 11.5 Å². The Balaban J connectivity index is 1.70. The largest absolute Gasteiger partial charge is 0.493 e. The van der Waals surface area contributed by atoms with Crippen molar-refractivity contribution in [1.82, 2.24) is 5.43 Å². The highest BCUT2D eigenvalue weighted by molar-refractivity contribution is 9.10. The van der Waals surface area contributed by atoms with Crippen LogP contribution in [0.15, 0.2) is 64.2 Å². The Morgan fingerprint density at radius 3 is 2.55 bits per heavy atom. The number of benzene rings is 3. The van der Waals surface area contributed by atoms with Gasteiger partial charge in [-0.3, -0.25) is 4.79 Å². The summed E-state index contributed by atoms with van der Waals surface area (Å²) in [5.41, 5.74) is 5.64. The molecule has 31 heavy (non-hydrogen) atoms. The summed E-state index contributed by atoms with van der Waals surface area (Å²) in [5, 5.41) is 5.11. The van der Waals surface area contributed by atoms with Crippen LogP contribution in [0.1, 0.15) is 27.0 Å². The molecule has 0 bridgehead atoms. The van der Waals surface area contributed by atoms with Gasteiger partial charge < -0.3 is 9.47 Å². The van der Waals surface area contributed by atoms with Crippen molar-refractivity contribution in [3.63, 3.8) is 0 Å². The van der Waals surface area contributed by atoms with Crippen LogP contribution in [0.2, 0.25) is 10.0 Å². The smallest absolute Gasteiger partial charge is 0.271 e. The van der Waals surface area contributed by atoms with Crippen LogP contribution in [0.25, 0.3) is 0 Å². The molecule has 0 atom stereocenters. The van der Waals surface area contributed by atoms with Gasteiger partial charge in [0.25, 0.3) is 5.91 Å². The zero-order chi connectivity index (χ0) is 22.4. The number of rotatable bonds is 7. The maximum absolute atomic E-state index is 12.2. The quantitative estimate of drug-likeness (QED) is 0.288. The molecule has 3 rings (SSSR count). The molecule has 0 aliphatic rings. The van der Waals surface area contributed by atoms with Gasteiger partial charge in [-0.25, -0.2) is 5.43 Å². The van der Waals surface area contributed by atoms with Gasteiger partial charge in [0.1, 0.15) is 6.61 Å². The molecule has 0 heterocycles. The summed E-state index contributed by atoms with van der Waals surface area (Å²) in [6, 6.07) is 16.0. The average molecular weight is 522 g/mol. The molecule has 1 amide bonds. The number of hydrazone groups is 1. The third-order valence-electron chi connectivity index (χ3n) is 4.33. The van der Waals surface area contributed by atoms with Crippen molar-refractivity contribution in [2.24, 2.45) is 5.10 Å². The van der Waals surface area contributed by atoms with Crippen LogP contribution in [0.3, 0.4) is 0 Å². The molecule has 0 spiro atoms. The third kappa shape index (κ3) is 6.23. The first-order valence-electron chi connectivity index (χ1n) is 9.21. The van der Waals surface area contributed by atoms with E-state index in [4.69, 9.17) is 32.7 Å². The van der Waals surface area contributed by atoms with Gasteiger partial charge in [0, 0.05) is 21.2 Å². The molecule has 0 aromatic heterocycles. The van der Waals surface area contributed by atoms with Crippen molar-refractivity contribution in [1.29, 1.82) is 0 Å². The van der Waals surface area contributed by atoms with Crippen LogP contribution >= 0.6 is 39.1 Å². The highest BCUT2D eigenvalue weighted by Crippen LogP contribution is 2.37. The van der Waals surface area contributed by atoms with E-state index in [9.17, 15) is 4.79 Å². The number of carbonyl (C=O) groups is 1. The lowest BCUT2D eigenvalue weighted by Gasteiger charge is -2.14. The van der Waals surface area contributed by atoms with Crippen LogP contribution in [0.4, 0.5) is 0 Å². The first kappa shape index (κ1) is 23.1. The summed E-state index contributed by atoms with van der Waals surface area (Å²) >= 11 is 15.6. The fraction of sp³-hybridized carbons (Fsp3) is 0.130. The first-order chi connectivity index (χ1) is 14.9. The predicted octanol–water partition coefficient (Wildman–Crippen LogP) is 6.42. The molecule has 0 radical (unpaired) electrons. The number of nitrogens with zero attached hydrogens (tertiary/aromatic N) is 1. The number of methoxy groups -OCH3 is 1. The molecular weight excluding hydrogens is 503 g/mol. The van der Waals surface area contributed by atoms with E-state index in [0.717, 1.165) is 11.1 Å². The summed E-state index contributed by atoms with van der Waals surface area (Å²) in [7, 11) is 1.55. The number of hydrogen-bond acceptors (Lipinski definition) is 4. The molecule has 160 valence electrons. The van der Waals surface area contributed by atoms with Gasteiger partial charge in [0.2, 0.25) is 0 Å². The molecule has 0 unspecified atom stereocenters. The van der Waals surface area contributed by atoms with Gasteiger partial charge in [-0.2, -0.15) is 5.10 Å². The van der Waals surface area contributed by atoms with Crippen molar-refractivity contribution in [3.05, 3.63) is 91.4 Å². The van der Waals surface area contributed by atoms with E-state index < -0.39 is 0 Å². The average Bonchev–Trinajstić information content (AvgIpc) is 2.74. The zero-order valence-electron chi connectivity index (χ0n) is 16.8. The number of amides is 1. The normalized spacial score (nSPS) is 10.9. The van der Waals surface area contributed by atoms with Gasteiger partial charge in [0.15, 0.2) is 11.5 Å². The fourth-order valence-corrected chi connectivity index (χ4v) is 3.72. The summed E-state index contributed by atoms with van der Waals surface area (Å²) in [5.74, 6) is 0.738. The van der Waals surface area contributed by atoms with Crippen molar-refractivity contribution in [2.75, 3.05) is 7.11 Å². The molecule has 0 fully saturated rings. The van der Waals surface area contributed by atoms with Crippen LogP contribution < -0.4 is 14.9 Å². The third-order valence-corrected chi connectivity index (χ3v) is 5.51. The second-order valence-electron chi connectivity index (χ2n) is 6.62. The van der Waals surface area contributed by atoms with E-state index in [-0.39, 0.29) is 12.5 Å². The minimum Gasteiger partial charge on any atom is -0.493 e. The Kier molecular flexibility index (Phi) is 7.96. The lowest BCUT2D eigenvalue weighted by molar-refractivity contribution is 0.0955. The first-order valence-corrected chi connectivity index (χ1v) is 10.8. The summed E-state index contributed by atoms with van der Waals surface area (Å²) in [6.45, 7) is 2.20. The van der Waals surface area contributed by atoms with E-state index in [0.29, 0.717) is 37.1 Å². The second-order valence-corrected chi connectivity index (χ2v) is 8.32. The Hall–Kier alpha value is -2.54. The fourth-order valence-electron chi connectivity index (χ4n) is 2.68. The van der Waals surface area contributed by atoms with E-state index >= 15 is 0 Å². The molecule has 0 aliphatic heterocycles. The van der Waals surface area contributed by atoms with E-state index in [1.54, 1.807) is 37.4 Å². The van der Waals surface area contributed by atoms with Crippen LogP contribution in [0, 0.1) is 6.92 Å². The molecule has 0 aliphatic carbocycles. The maximum Gasteiger partial charge on any atom is 0.271 e. The number of hydrogen-bond donors (Lipinski definition) is 1. The molecular formula is C23H19BrCl2N2O3. The Bertz CT molecular complexity index is 1120. The molecule has 0 saturated carbocycles. The van der Waals surface area contributed by atoms with E-state index in [2.05, 4.69) is 26.5 Å². The molecule has 1 N–H and O–H groups in total. The predicted molar refractivity (Wildman–Crippen MR) is 128 cm³/mol. The lowest BCUT2D eigenvalue weighted by atomic mass is 10.1. The summed E-state index contributed by atoms with van der Waals surface area (Å²) in [4.78, 5) is 12.2. The number of ether oxygens (including phenoxy) is 2. The number of nitrogens with one attached hydrogen (secondary N) is 1. The molecule has 8 heteroatoms. The van der Waals surface area contributed by atoms with Gasteiger partial charge in [-0.1, -0.05) is 47.0 Å². The van der Waals surface area contributed by atoms with Crippen molar-refractivity contribution >= 4 is 51.3 Å². The molecule has 3 aromatic carbocycles. The molecule has 5 nitrogen and oxygen atoms in total. The van der Waals surface area contributed by atoms with Crippen LogP contribution in [0.5, 0.6) is 11.5 Å². The van der Waals surface area contributed by atoms with Gasteiger partial charge in [0.05, 0.1) is 17.8 Å². The number of carbonyl (C=O) groups excluding carboxylic acids is 1. The molecule has 3 aromatic rings.